The number of aliphatic hydroxyl groups is 1. The number of fused-ring (bicyclic) bond motifs is 3. The maximum Gasteiger partial charge on any atom is 0.324 e. The van der Waals surface area contributed by atoms with Gasteiger partial charge in [0, 0.05) is 29.2 Å². The van der Waals surface area contributed by atoms with Gasteiger partial charge in [-0.3, -0.25) is 4.79 Å². The van der Waals surface area contributed by atoms with Crippen LogP contribution in [0, 0.1) is 5.82 Å². The maximum absolute atomic E-state index is 13.9. The molecule has 2 atom stereocenters. The number of carbonyl (C=O) groups is 1. The van der Waals surface area contributed by atoms with Crippen LogP contribution in [0.3, 0.4) is 0 Å². The van der Waals surface area contributed by atoms with Crippen molar-refractivity contribution in [3.8, 4) is 0 Å². The molecule has 4 aromatic rings. The molecule has 32 heavy (non-hydrogen) atoms. The summed E-state index contributed by atoms with van der Waals surface area (Å²) in [6.45, 7) is 0. The summed E-state index contributed by atoms with van der Waals surface area (Å²) in [5.41, 5.74) is 0.572. The van der Waals surface area contributed by atoms with Crippen LogP contribution >= 0.6 is 0 Å². The molecule has 0 fully saturated rings. The van der Waals surface area contributed by atoms with E-state index in [4.69, 9.17) is 4.74 Å². The minimum atomic E-state index is -1.60. The number of aryl methyl sites for hydroxylation is 1. The SMILES string of the molecule is COC(=O)C1(c2ccc(F)cc2)c2c(n(C)c3ccccc23)CCC1(O)c1ccccc1. The first-order valence-electron chi connectivity index (χ1n) is 10.6. The molecule has 2 unspecified atom stereocenters. The monoisotopic (exact) mass is 429 g/mol. The minimum absolute atomic E-state index is 0.306. The minimum Gasteiger partial charge on any atom is -0.468 e. The van der Waals surface area contributed by atoms with Gasteiger partial charge >= 0.3 is 5.97 Å². The molecule has 1 heterocycles. The van der Waals surface area contributed by atoms with Gasteiger partial charge in [-0.15, -0.1) is 0 Å². The zero-order valence-corrected chi connectivity index (χ0v) is 18.0. The lowest BCUT2D eigenvalue weighted by Crippen LogP contribution is -2.58. The first-order chi connectivity index (χ1) is 15.4. The Morgan fingerprint density at radius 2 is 1.62 bits per heavy atom. The van der Waals surface area contributed by atoms with Crippen LogP contribution in [0.2, 0.25) is 0 Å². The molecule has 5 rings (SSSR count). The van der Waals surface area contributed by atoms with Gasteiger partial charge in [0.25, 0.3) is 0 Å². The number of nitrogens with zero attached hydrogens (tertiary/aromatic N) is 1. The Bertz CT molecular complexity index is 1310. The molecule has 3 aromatic carbocycles. The van der Waals surface area contributed by atoms with E-state index in [1.807, 2.05) is 61.6 Å². The second-order valence-electron chi connectivity index (χ2n) is 8.37. The van der Waals surface area contributed by atoms with Crippen LogP contribution in [0.4, 0.5) is 4.39 Å². The van der Waals surface area contributed by atoms with Crippen molar-refractivity contribution in [3.63, 3.8) is 0 Å². The van der Waals surface area contributed by atoms with Crippen LogP contribution in [0.5, 0.6) is 0 Å². The Balaban J connectivity index is 1.99. The molecule has 1 aliphatic carbocycles. The largest absolute Gasteiger partial charge is 0.468 e. The highest BCUT2D eigenvalue weighted by Crippen LogP contribution is 2.57. The van der Waals surface area contributed by atoms with Gasteiger partial charge < -0.3 is 14.4 Å². The van der Waals surface area contributed by atoms with Crippen molar-refractivity contribution >= 4 is 16.9 Å². The number of para-hydroxylation sites is 1. The highest BCUT2D eigenvalue weighted by Gasteiger charge is 2.63. The van der Waals surface area contributed by atoms with E-state index in [9.17, 15) is 14.3 Å². The predicted molar refractivity (Wildman–Crippen MR) is 121 cm³/mol. The number of carbonyl (C=O) groups excluding carboxylic acids is 1. The number of ether oxygens (including phenoxy) is 1. The van der Waals surface area contributed by atoms with Gasteiger partial charge in [-0.05, 0) is 42.2 Å². The molecule has 0 amide bonds. The second kappa shape index (κ2) is 7.31. The van der Waals surface area contributed by atoms with E-state index in [-0.39, 0.29) is 0 Å². The van der Waals surface area contributed by atoms with Crippen molar-refractivity contribution in [2.45, 2.75) is 23.9 Å². The fourth-order valence-electron chi connectivity index (χ4n) is 5.55. The normalized spacial score (nSPS) is 22.5. The molecule has 0 saturated heterocycles. The molecule has 1 aliphatic rings. The Hall–Kier alpha value is -3.44. The molecular formula is C27H24FNO3. The Labute approximate surface area is 185 Å². The van der Waals surface area contributed by atoms with Gasteiger partial charge in [-0.2, -0.15) is 0 Å². The molecule has 0 saturated carbocycles. The van der Waals surface area contributed by atoms with Crippen molar-refractivity contribution in [3.05, 3.63) is 107 Å². The number of rotatable bonds is 3. The van der Waals surface area contributed by atoms with Gasteiger partial charge in [-0.25, -0.2) is 4.39 Å². The van der Waals surface area contributed by atoms with Gasteiger partial charge in [0.2, 0.25) is 0 Å². The predicted octanol–water partition coefficient (Wildman–Crippen LogP) is 4.61. The molecule has 0 spiro atoms. The molecule has 0 radical (unpaired) electrons. The van der Waals surface area contributed by atoms with Gasteiger partial charge in [-0.1, -0.05) is 60.7 Å². The number of hydrogen-bond acceptors (Lipinski definition) is 3. The van der Waals surface area contributed by atoms with Crippen LogP contribution in [-0.2, 0) is 34.0 Å². The van der Waals surface area contributed by atoms with Crippen molar-refractivity contribution in [2.24, 2.45) is 7.05 Å². The topological polar surface area (TPSA) is 51.5 Å². The molecule has 162 valence electrons. The Morgan fingerprint density at radius 3 is 2.31 bits per heavy atom. The van der Waals surface area contributed by atoms with E-state index >= 15 is 0 Å². The molecule has 5 heteroatoms. The lowest BCUT2D eigenvalue weighted by Gasteiger charge is -2.49. The first-order valence-corrected chi connectivity index (χ1v) is 10.6. The van der Waals surface area contributed by atoms with Crippen molar-refractivity contribution in [1.82, 2.24) is 4.57 Å². The lowest BCUT2D eigenvalue weighted by molar-refractivity contribution is -0.160. The molecule has 0 bridgehead atoms. The zero-order valence-electron chi connectivity index (χ0n) is 18.0. The Morgan fingerprint density at radius 1 is 0.969 bits per heavy atom. The molecular weight excluding hydrogens is 405 g/mol. The van der Waals surface area contributed by atoms with Crippen LogP contribution < -0.4 is 0 Å². The number of halogens is 1. The summed E-state index contributed by atoms with van der Waals surface area (Å²) in [6, 6.07) is 22.9. The molecule has 0 aliphatic heterocycles. The standard InChI is InChI=1S/C27H24FNO3/c1-29-22-11-7-6-10-21(22)24-23(29)16-17-26(31,18-8-4-3-5-9-18)27(24,25(30)32-2)19-12-14-20(28)15-13-19/h3-15,31H,16-17H2,1-2H3. The van der Waals surface area contributed by atoms with Crippen LogP contribution in [-0.4, -0.2) is 22.8 Å². The summed E-state index contributed by atoms with van der Waals surface area (Å²) in [4.78, 5) is 13.9. The van der Waals surface area contributed by atoms with Crippen LogP contribution in [0.25, 0.3) is 10.9 Å². The highest BCUT2D eigenvalue weighted by atomic mass is 19.1. The first kappa shape index (κ1) is 20.5. The average Bonchev–Trinajstić information content (AvgIpc) is 3.12. The lowest BCUT2D eigenvalue weighted by atomic mass is 9.55. The number of benzene rings is 3. The number of hydrogen-bond donors (Lipinski definition) is 1. The third-order valence-electron chi connectivity index (χ3n) is 6.97. The van der Waals surface area contributed by atoms with Gasteiger partial charge in [0.05, 0.1) is 7.11 Å². The van der Waals surface area contributed by atoms with E-state index in [0.29, 0.717) is 29.5 Å². The van der Waals surface area contributed by atoms with Gasteiger partial charge in [0.15, 0.2) is 5.41 Å². The summed E-state index contributed by atoms with van der Waals surface area (Å²) in [6.07, 6.45) is 0.881. The van der Waals surface area contributed by atoms with E-state index in [1.165, 1.54) is 19.2 Å². The second-order valence-corrected chi connectivity index (χ2v) is 8.37. The van der Waals surface area contributed by atoms with Crippen molar-refractivity contribution < 1.29 is 19.0 Å². The third kappa shape index (κ3) is 2.55. The molecule has 1 aromatic heterocycles. The third-order valence-corrected chi connectivity index (χ3v) is 6.97. The van der Waals surface area contributed by atoms with E-state index in [1.54, 1.807) is 12.1 Å². The number of methoxy groups -OCH3 is 1. The molecule has 1 N–H and O–H groups in total. The summed E-state index contributed by atoms with van der Waals surface area (Å²) >= 11 is 0. The summed E-state index contributed by atoms with van der Waals surface area (Å²) in [5.74, 6) is -0.987. The van der Waals surface area contributed by atoms with Gasteiger partial charge in [0.1, 0.15) is 11.4 Å². The highest BCUT2D eigenvalue weighted by molar-refractivity contribution is 5.99. The van der Waals surface area contributed by atoms with Crippen molar-refractivity contribution in [1.29, 1.82) is 0 Å². The fraction of sp³-hybridized carbons (Fsp3) is 0.222. The molecule has 4 nitrogen and oxygen atoms in total. The van der Waals surface area contributed by atoms with Crippen LogP contribution in [0.1, 0.15) is 28.8 Å². The van der Waals surface area contributed by atoms with Crippen molar-refractivity contribution in [2.75, 3.05) is 7.11 Å². The van der Waals surface area contributed by atoms with E-state index in [0.717, 1.165) is 16.6 Å². The number of esters is 1. The summed E-state index contributed by atoms with van der Waals surface area (Å²) in [5, 5.41) is 13.4. The summed E-state index contributed by atoms with van der Waals surface area (Å²) in [7, 11) is 3.30. The quantitative estimate of drug-likeness (QED) is 0.484. The van der Waals surface area contributed by atoms with E-state index < -0.39 is 22.8 Å². The fourth-order valence-corrected chi connectivity index (χ4v) is 5.55. The summed E-state index contributed by atoms with van der Waals surface area (Å²) < 4.78 is 21.4. The Kier molecular flexibility index (Phi) is 4.68. The van der Waals surface area contributed by atoms with E-state index in [2.05, 4.69) is 4.57 Å². The average molecular weight is 429 g/mol. The maximum atomic E-state index is 13.9. The number of aromatic nitrogens is 1. The smallest absolute Gasteiger partial charge is 0.324 e. The van der Waals surface area contributed by atoms with Crippen LogP contribution in [0.15, 0.2) is 78.9 Å². The zero-order chi connectivity index (χ0) is 22.5.